The van der Waals surface area contributed by atoms with Crippen LogP contribution in [0.25, 0.3) is 0 Å². The molecule has 0 fully saturated rings. The Morgan fingerprint density at radius 1 is 1.00 bits per heavy atom. The van der Waals surface area contributed by atoms with Crippen molar-refractivity contribution in [2.75, 3.05) is 31.7 Å². The highest BCUT2D eigenvalue weighted by Crippen LogP contribution is 2.36. The molecule has 2 amide bonds. The number of amides is 2. The molecular formula is C14H15I3N2O6. The number of hydrogen-bond donors (Lipinski definition) is 4. The average molecular weight is 688 g/mol. The first-order chi connectivity index (χ1) is 11.8. The van der Waals surface area contributed by atoms with E-state index in [1.165, 1.54) is 6.92 Å². The van der Waals surface area contributed by atoms with Crippen LogP contribution in [-0.4, -0.2) is 54.4 Å². The van der Waals surface area contributed by atoms with Gasteiger partial charge in [-0.2, -0.15) is 0 Å². The molecule has 0 unspecified atom stereocenters. The zero-order valence-electron chi connectivity index (χ0n) is 13.0. The van der Waals surface area contributed by atoms with E-state index in [2.05, 4.69) is 10.6 Å². The number of hydrogen-bond acceptors (Lipinski definition) is 6. The van der Waals surface area contributed by atoms with Crippen LogP contribution in [-0.2, 0) is 9.53 Å². The molecule has 0 aliphatic rings. The zero-order chi connectivity index (χ0) is 19.1. The van der Waals surface area contributed by atoms with Gasteiger partial charge in [-0.05, 0) is 67.8 Å². The van der Waals surface area contributed by atoms with Gasteiger partial charge in [0.1, 0.15) is 6.61 Å². The molecule has 0 aliphatic carbocycles. The molecule has 0 radical (unpaired) electrons. The van der Waals surface area contributed by atoms with E-state index >= 15 is 0 Å². The van der Waals surface area contributed by atoms with Crippen molar-refractivity contribution in [1.29, 1.82) is 0 Å². The number of halogens is 3. The first-order valence-corrected chi connectivity index (χ1v) is 10.1. The molecule has 0 saturated carbocycles. The van der Waals surface area contributed by atoms with Crippen LogP contribution in [0.15, 0.2) is 0 Å². The van der Waals surface area contributed by atoms with Crippen LogP contribution in [0.4, 0.5) is 5.69 Å². The predicted molar refractivity (Wildman–Crippen MR) is 116 cm³/mol. The van der Waals surface area contributed by atoms with Gasteiger partial charge in [-0.1, -0.05) is 0 Å². The van der Waals surface area contributed by atoms with Gasteiger partial charge in [0.25, 0.3) is 5.91 Å². The van der Waals surface area contributed by atoms with E-state index in [0.717, 1.165) is 0 Å². The van der Waals surface area contributed by atoms with Crippen LogP contribution in [0.1, 0.15) is 27.6 Å². The van der Waals surface area contributed by atoms with Gasteiger partial charge in [0.05, 0.1) is 37.2 Å². The third-order valence-electron chi connectivity index (χ3n) is 2.77. The van der Waals surface area contributed by atoms with Gasteiger partial charge in [0.15, 0.2) is 0 Å². The highest BCUT2D eigenvalue weighted by Gasteiger charge is 2.28. The number of benzene rings is 1. The number of nitrogens with one attached hydrogen (secondary N) is 2. The molecule has 4 N–H and O–H groups in total. The summed E-state index contributed by atoms with van der Waals surface area (Å²) in [6.45, 7) is 0.632. The Labute approximate surface area is 184 Å². The predicted octanol–water partition coefficient (Wildman–Crippen LogP) is 1.33. The second-order valence-electron chi connectivity index (χ2n) is 4.59. The smallest absolute Gasteiger partial charge is 0.340 e. The Morgan fingerprint density at radius 2 is 1.60 bits per heavy atom. The van der Waals surface area contributed by atoms with Gasteiger partial charge >= 0.3 is 5.97 Å². The van der Waals surface area contributed by atoms with Gasteiger partial charge in [0.2, 0.25) is 5.91 Å². The van der Waals surface area contributed by atoms with Crippen molar-refractivity contribution in [2.24, 2.45) is 0 Å². The summed E-state index contributed by atoms with van der Waals surface area (Å²) < 4.78 is 6.23. The summed E-state index contributed by atoms with van der Waals surface area (Å²) >= 11 is 5.69. The maximum absolute atomic E-state index is 12.4. The summed E-state index contributed by atoms with van der Waals surface area (Å²) in [6, 6.07) is 0. The Kier molecular flexibility index (Phi) is 9.83. The zero-order valence-corrected chi connectivity index (χ0v) is 19.5. The molecule has 0 bridgehead atoms. The summed E-state index contributed by atoms with van der Waals surface area (Å²) in [4.78, 5) is 36.3. The first kappa shape index (κ1) is 22.8. The monoisotopic (exact) mass is 688 g/mol. The lowest BCUT2D eigenvalue weighted by Crippen LogP contribution is -2.29. The number of aliphatic hydroxyl groups is 2. The van der Waals surface area contributed by atoms with E-state index < -0.39 is 11.9 Å². The second-order valence-corrected chi connectivity index (χ2v) is 7.82. The third-order valence-corrected chi connectivity index (χ3v) is 6.01. The molecule has 1 aromatic carbocycles. The molecule has 0 saturated heterocycles. The van der Waals surface area contributed by atoms with Crippen LogP contribution in [0, 0.1) is 10.7 Å². The maximum Gasteiger partial charge on any atom is 0.340 e. The lowest BCUT2D eigenvalue weighted by atomic mass is 10.1. The van der Waals surface area contributed by atoms with Gasteiger partial charge in [-0.15, -0.1) is 0 Å². The van der Waals surface area contributed by atoms with Crippen molar-refractivity contribution in [2.45, 2.75) is 6.92 Å². The van der Waals surface area contributed by atoms with Crippen molar-refractivity contribution < 1.29 is 29.3 Å². The number of rotatable bonds is 7. The summed E-state index contributed by atoms with van der Waals surface area (Å²) in [7, 11) is 0. The second kappa shape index (κ2) is 10.8. The Hall–Kier alpha value is -0.260. The van der Waals surface area contributed by atoms with Crippen LogP contribution >= 0.6 is 67.8 Å². The third kappa shape index (κ3) is 5.86. The number of aliphatic hydroxyl groups excluding tert-OH is 2. The van der Waals surface area contributed by atoms with E-state index in [0.29, 0.717) is 16.4 Å². The van der Waals surface area contributed by atoms with Crippen LogP contribution in [0.5, 0.6) is 0 Å². The molecule has 25 heavy (non-hydrogen) atoms. The van der Waals surface area contributed by atoms with E-state index in [-0.39, 0.29) is 43.4 Å². The van der Waals surface area contributed by atoms with Gasteiger partial charge in [-0.25, -0.2) is 4.79 Å². The summed E-state index contributed by atoms with van der Waals surface area (Å²) in [6.07, 6.45) is 0. The lowest BCUT2D eigenvalue weighted by Gasteiger charge is -2.18. The van der Waals surface area contributed by atoms with Crippen LogP contribution in [0.3, 0.4) is 0 Å². The molecule has 11 heteroatoms. The normalized spacial score (nSPS) is 10.3. The molecule has 1 aromatic rings. The molecule has 0 spiro atoms. The average Bonchev–Trinajstić information content (AvgIpc) is 2.54. The standard InChI is InChI=1S/C14H15I3N2O6/c1-6(22)19-12-10(16)7(13(23)18-2-3-20)9(15)8(11(12)17)14(24)25-5-4-21/h20-21H,2-5H2,1H3,(H,18,23)(H,19,22). The Bertz CT molecular complexity index is 649. The molecular weight excluding hydrogens is 673 g/mol. The maximum atomic E-state index is 12.4. The highest BCUT2D eigenvalue weighted by molar-refractivity contribution is 14.1. The van der Waals surface area contributed by atoms with Crippen molar-refractivity contribution in [3.63, 3.8) is 0 Å². The molecule has 0 heterocycles. The van der Waals surface area contributed by atoms with Crippen LogP contribution in [0.2, 0.25) is 0 Å². The number of esters is 1. The summed E-state index contributed by atoms with van der Waals surface area (Å²) in [5, 5.41) is 22.9. The quantitative estimate of drug-likeness (QED) is 0.254. The number of carbonyl (C=O) groups is 3. The Morgan fingerprint density at radius 3 is 2.12 bits per heavy atom. The SMILES string of the molecule is CC(=O)Nc1c(I)c(C(=O)NCCO)c(I)c(C(=O)OCCO)c1I. The van der Waals surface area contributed by atoms with Gasteiger partial charge in [0, 0.05) is 17.0 Å². The minimum Gasteiger partial charge on any atom is -0.460 e. The number of carbonyl (C=O) groups excluding carboxylic acids is 3. The fourth-order valence-corrected chi connectivity index (χ4v) is 6.16. The molecule has 0 aromatic heterocycles. The van der Waals surface area contributed by atoms with Gasteiger partial charge in [-0.3, -0.25) is 9.59 Å². The van der Waals surface area contributed by atoms with E-state index in [1.54, 1.807) is 0 Å². The lowest BCUT2D eigenvalue weighted by molar-refractivity contribution is -0.114. The van der Waals surface area contributed by atoms with Crippen molar-refractivity contribution >= 4 is 91.2 Å². The largest absolute Gasteiger partial charge is 0.460 e. The van der Waals surface area contributed by atoms with E-state index in [4.69, 9.17) is 14.9 Å². The van der Waals surface area contributed by atoms with Crippen molar-refractivity contribution in [3.05, 3.63) is 21.8 Å². The molecule has 0 atom stereocenters. The Balaban J connectivity index is 3.57. The van der Waals surface area contributed by atoms with E-state index in [9.17, 15) is 14.4 Å². The first-order valence-electron chi connectivity index (χ1n) is 6.91. The fourth-order valence-electron chi connectivity index (χ4n) is 1.80. The highest BCUT2D eigenvalue weighted by atomic mass is 127. The van der Waals surface area contributed by atoms with Crippen molar-refractivity contribution in [1.82, 2.24) is 5.32 Å². The fraction of sp³-hybridized carbons (Fsp3) is 0.357. The number of anilines is 1. The minimum atomic E-state index is -0.706. The minimum absolute atomic E-state index is 0.0523. The molecule has 0 aliphatic heterocycles. The molecule has 8 nitrogen and oxygen atoms in total. The molecule has 1 rings (SSSR count). The van der Waals surface area contributed by atoms with Crippen LogP contribution < -0.4 is 10.6 Å². The molecule has 138 valence electrons. The van der Waals surface area contributed by atoms with Gasteiger partial charge < -0.3 is 25.6 Å². The van der Waals surface area contributed by atoms with Crippen molar-refractivity contribution in [3.8, 4) is 0 Å². The van der Waals surface area contributed by atoms with E-state index in [1.807, 2.05) is 67.8 Å². The summed E-state index contributed by atoms with van der Waals surface area (Å²) in [5.41, 5.74) is 0.668. The topological polar surface area (TPSA) is 125 Å². The summed E-state index contributed by atoms with van der Waals surface area (Å²) in [5.74, 6) is -1.54. The number of ether oxygens (including phenoxy) is 1.